The van der Waals surface area contributed by atoms with Crippen molar-refractivity contribution >= 4 is 22.6 Å². The molecule has 0 N–H and O–H groups in total. The van der Waals surface area contributed by atoms with Crippen molar-refractivity contribution in [3.8, 4) is 0 Å². The Balaban J connectivity index is 2.25. The smallest absolute Gasteiger partial charge is 0.158 e. The van der Waals surface area contributed by atoms with Gasteiger partial charge in [0.1, 0.15) is 0 Å². The Labute approximate surface area is 113 Å². The standard InChI is InChI=1S/C13H23IO2/c1-2-3-4-7-12(9-10-14)16-13-8-5-6-11-15-13/h9-10,12-13H,2-8,11H2,1H3/b10-9-. The van der Waals surface area contributed by atoms with Crippen LogP contribution in [0.3, 0.4) is 0 Å². The fourth-order valence-corrected chi connectivity index (χ4v) is 2.36. The molecule has 16 heavy (non-hydrogen) atoms. The topological polar surface area (TPSA) is 18.5 Å². The fraction of sp³-hybridized carbons (Fsp3) is 0.846. The van der Waals surface area contributed by atoms with Crippen LogP contribution in [-0.2, 0) is 9.47 Å². The van der Waals surface area contributed by atoms with Crippen molar-refractivity contribution in [2.75, 3.05) is 6.61 Å². The van der Waals surface area contributed by atoms with Crippen LogP contribution in [-0.4, -0.2) is 19.0 Å². The highest BCUT2D eigenvalue weighted by Gasteiger charge is 2.17. The van der Waals surface area contributed by atoms with Gasteiger partial charge in [-0.3, -0.25) is 0 Å². The van der Waals surface area contributed by atoms with E-state index in [1.165, 1.54) is 32.1 Å². The maximum Gasteiger partial charge on any atom is 0.158 e. The van der Waals surface area contributed by atoms with E-state index in [2.05, 4.69) is 39.7 Å². The molecule has 1 aliphatic rings. The third kappa shape index (κ3) is 6.21. The molecule has 1 rings (SSSR count). The Bertz CT molecular complexity index is 188. The zero-order chi connectivity index (χ0) is 11.6. The van der Waals surface area contributed by atoms with Gasteiger partial charge in [-0.1, -0.05) is 48.8 Å². The Morgan fingerprint density at radius 1 is 1.44 bits per heavy atom. The molecule has 2 unspecified atom stereocenters. The van der Waals surface area contributed by atoms with Gasteiger partial charge in [0.15, 0.2) is 6.29 Å². The van der Waals surface area contributed by atoms with Crippen molar-refractivity contribution in [2.24, 2.45) is 0 Å². The van der Waals surface area contributed by atoms with Crippen molar-refractivity contribution in [1.82, 2.24) is 0 Å². The van der Waals surface area contributed by atoms with Gasteiger partial charge < -0.3 is 9.47 Å². The van der Waals surface area contributed by atoms with Gasteiger partial charge in [-0.25, -0.2) is 0 Å². The van der Waals surface area contributed by atoms with Crippen molar-refractivity contribution in [3.05, 3.63) is 10.2 Å². The van der Waals surface area contributed by atoms with Gasteiger partial charge in [0.05, 0.1) is 6.10 Å². The molecule has 1 heterocycles. The summed E-state index contributed by atoms with van der Waals surface area (Å²) in [7, 11) is 0. The lowest BCUT2D eigenvalue weighted by molar-refractivity contribution is -0.179. The molecule has 0 aromatic carbocycles. The molecule has 0 bridgehead atoms. The molecule has 0 radical (unpaired) electrons. The lowest BCUT2D eigenvalue weighted by Gasteiger charge is -2.26. The molecule has 2 nitrogen and oxygen atoms in total. The van der Waals surface area contributed by atoms with E-state index >= 15 is 0 Å². The molecule has 0 aromatic rings. The molecule has 0 spiro atoms. The SMILES string of the molecule is CCCCCC(/C=C\I)OC1CCCCO1. The fourth-order valence-electron chi connectivity index (χ4n) is 1.90. The minimum atomic E-state index is 0.0352. The van der Waals surface area contributed by atoms with E-state index in [-0.39, 0.29) is 12.4 Å². The Hall–Kier alpha value is 0.390. The van der Waals surface area contributed by atoms with Gasteiger partial charge in [-0.05, 0) is 35.8 Å². The first kappa shape index (κ1) is 14.5. The molecular weight excluding hydrogens is 315 g/mol. The average Bonchev–Trinajstić information content (AvgIpc) is 2.31. The highest BCUT2D eigenvalue weighted by atomic mass is 127. The van der Waals surface area contributed by atoms with E-state index in [1.54, 1.807) is 0 Å². The third-order valence-electron chi connectivity index (χ3n) is 2.84. The maximum absolute atomic E-state index is 5.96. The zero-order valence-corrected chi connectivity index (χ0v) is 12.3. The molecule has 94 valence electrons. The van der Waals surface area contributed by atoms with E-state index in [9.17, 15) is 0 Å². The number of hydrogen-bond donors (Lipinski definition) is 0. The van der Waals surface area contributed by atoms with E-state index in [1.807, 2.05) is 0 Å². The molecule has 0 aromatic heterocycles. The van der Waals surface area contributed by atoms with Crippen LogP contribution in [0.1, 0.15) is 51.9 Å². The Morgan fingerprint density at radius 2 is 2.31 bits per heavy atom. The second kappa shape index (κ2) is 9.42. The maximum atomic E-state index is 5.96. The lowest BCUT2D eigenvalue weighted by Crippen LogP contribution is -2.27. The highest BCUT2D eigenvalue weighted by Crippen LogP contribution is 2.18. The van der Waals surface area contributed by atoms with Crippen LogP contribution >= 0.6 is 22.6 Å². The Kier molecular flexibility index (Phi) is 8.51. The molecular formula is C13H23IO2. The normalized spacial score (nSPS) is 23.8. The second-order valence-electron chi connectivity index (χ2n) is 4.28. The van der Waals surface area contributed by atoms with Crippen LogP contribution in [0.25, 0.3) is 0 Å². The monoisotopic (exact) mass is 338 g/mol. The first-order chi connectivity index (χ1) is 7.86. The number of hydrogen-bond acceptors (Lipinski definition) is 2. The zero-order valence-electron chi connectivity index (χ0n) is 10.2. The summed E-state index contributed by atoms with van der Waals surface area (Å²) in [6, 6.07) is 0. The molecule has 0 amide bonds. The molecule has 1 fully saturated rings. The van der Waals surface area contributed by atoms with Crippen LogP contribution in [0.2, 0.25) is 0 Å². The van der Waals surface area contributed by atoms with Gasteiger partial charge in [-0.2, -0.15) is 0 Å². The predicted molar refractivity (Wildman–Crippen MR) is 75.8 cm³/mol. The minimum absolute atomic E-state index is 0.0352. The number of rotatable bonds is 7. The molecule has 1 aliphatic heterocycles. The summed E-state index contributed by atoms with van der Waals surface area (Å²) < 4.78 is 13.6. The first-order valence-corrected chi connectivity index (χ1v) is 7.65. The summed E-state index contributed by atoms with van der Waals surface area (Å²) in [5.41, 5.74) is 0. The minimum Gasteiger partial charge on any atom is -0.353 e. The summed E-state index contributed by atoms with van der Waals surface area (Å²) in [6.07, 6.45) is 10.8. The lowest BCUT2D eigenvalue weighted by atomic mass is 10.1. The van der Waals surface area contributed by atoms with Gasteiger partial charge in [0, 0.05) is 6.61 Å². The second-order valence-corrected chi connectivity index (χ2v) is 5.00. The van der Waals surface area contributed by atoms with Crippen molar-refractivity contribution in [1.29, 1.82) is 0 Å². The molecule has 3 heteroatoms. The quantitative estimate of drug-likeness (QED) is 0.505. The summed E-state index contributed by atoms with van der Waals surface area (Å²) in [4.78, 5) is 0. The molecule has 2 atom stereocenters. The summed E-state index contributed by atoms with van der Waals surface area (Å²) >= 11 is 2.26. The van der Waals surface area contributed by atoms with Crippen LogP contribution in [0.15, 0.2) is 10.2 Å². The van der Waals surface area contributed by atoms with E-state index < -0.39 is 0 Å². The van der Waals surface area contributed by atoms with Crippen LogP contribution in [0.5, 0.6) is 0 Å². The first-order valence-electron chi connectivity index (χ1n) is 6.40. The number of unbranched alkanes of at least 4 members (excludes halogenated alkanes) is 2. The highest BCUT2D eigenvalue weighted by molar-refractivity contribution is 14.1. The largest absolute Gasteiger partial charge is 0.353 e. The van der Waals surface area contributed by atoms with Gasteiger partial charge >= 0.3 is 0 Å². The van der Waals surface area contributed by atoms with Gasteiger partial charge in [0.2, 0.25) is 0 Å². The van der Waals surface area contributed by atoms with Crippen LogP contribution in [0.4, 0.5) is 0 Å². The third-order valence-corrected chi connectivity index (χ3v) is 3.26. The van der Waals surface area contributed by atoms with Crippen molar-refractivity contribution in [2.45, 2.75) is 64.3 Å². The van der Waals surface area contributed by atoms with Crippen LogP contribution in [0, 0.1) is 0 Å². The molecule has 0 aliphatic carbocycles. The predicted octanol–water partition coefficient (Wildman–Crippen LogP) is 4.43. The van der Waals surface area contributed by atoms with E-state index in [0.717, 1.165) is 19.4 Å². The number of ether oxygens (including phenoxy) is 2. The average molecular weight is 338 g/mol. The summed E-state index contributed by atoms with van der Waals surface area (Å²) in [5, 5.41) is 0. The molecule has 1 saturated heterocycles. The summed E-state index contributed by atoms with van der Waals surface area (Å²) in [6.45, 7) is 3.09. The molecule has 0 saturated carbocycles. The van der Waals surface area contributed by atoms with Gasteiger partial charge in [0.25, 0.3) is 0 Å². The van der Waals surface area contributed by atoms with Crippen molar-refractivity contribution in [3.63, 3.8) is 0 Å². The van der Waals surface area contributed by atoms with Crippen molar-refractivity contribution < 1.29 is 9.47 Å². The summed E-state index contributed by atoms with van der Waals surface area (Å²) in [5.74, 6) is 0. The van der Waals surface area contributed by atoms with E-state index in [4.69, 9.17) is 9.47 Å². The van der Waals surface area contributed by atoms with E-state index in [0.29, 0.717) is 0 Å². The Morgan fingerprint density at radius 3 is 2.94 bits per heavy atom. The van der Waals surface area contributed by atoms with Crippen LogP contribution < -0.4 is 0 Å². The van der Waals surface area contributed by atoms with Gasteiger partial charge in [-0.15, -0.1) is 0 Å². The number of halogens is 1.